The molecule has 0 fully saturated rings. The molecule has 0 spiro atoms. The van der Waals surface area contributed by atoms with E-state index in [2.05, 4.69) is 4.98 Å². The van der Waals surface area contributed by atoms with Gasteiger partial charge in [0.15, 0.2) is 4.77 Å². The number of benzene rings is 2. The summed E-state index contributed by atoms with van der Waals surface area (Å²) >= 11 is 5.15. The molecule has 0 saturated carbocycles. The Morgan fingerprint density at radius 3 is 2.33 bits per heavy atom. The highest BCUT2D eigenvalue weighted by molar-refractivity contribution is 7.71. The highest BCUT2D eigenvalue weighted by Crippen LogP contribution is 2.26. The van der Waals surface area contributed by atoms with Crippen molar-refractivity contribution in [3.63, 3.8) is 0 Å². The lowest BCUT2D eigenvalue weighted by Gasteiger charge is -2.09. The van der Waals surface area contributed by atoms with Crippen molar-refractivity contribution >= 4 is 23.1 Å². The zero-order valence-corrected chi connectivity index (χ0v) is 11.4. The van der Waals surface area contributed by atoms with Gasteiger partial charge in [0, 0.05) is 12.1 Å². The number of phenols is 3. The number of aromatic nitrogens is 2. The highest BCUT2D eigenvalue weighted by Gasteiger charge is 2.12. The second kappa shape index (κ2) is 4.64. The molecule has 4 N–H and O–H groups in total. The third-order valence-corrected chi connectivity index (χ3v) is 3.36. The smallest absolute Gasteiger partial charge is 0.270 e. The van der Waals surface area contributed by atoms with Crippen molar-refractivity contribution in [2.75, 3.05) is 0 Å². The van der Waals surface area contributed by atoms with E-state index in [1.807, 2.05) is 0 Å². The van der Waals surface area contributed by atoms with Crippen molar-refractivity contribution in [3.05, 3.63) is 51.5 Å². The van der Waals surface area contributed by atoms with Crippen LogP contribution in [-0.4, -0.2) is 24.9 Å². The maximum atomic E-state index is 12.5. The van der Waals surface area contributed by atoms with Crippen LogP contribution in [0.4, 0.5) is 0 Å². The largest absolute Gasteiger partial charge is 0.508 e. The van der Waals surface area contributed by atoms with E-state index in [4.69, 9.17) is 12.2 Å². The number of hydrogen-bond donors (Lipinski definition) is 4. The van der Waals surface area contributed by atoms with Gasteiger partial charge in [-0.05, 0) is 36.5 Å². The van der Waals surface area contributed by atoms with Crippen molar-refractivity contribution < 1.29 is 15.3 Å². The first-order valence-electron chi connectivity index (χ1n) is 5.98. The van der Waals surface area contributed by atoms with Crippen molar-refractivity contribution in [2.45, 2.75) is 0 Å². The molecule has 2 aromatic carbocycles. The molecule has 106 valence electrons. The van der Waals surface area contributed by atoms with E-state index >= 15 is 0 Å². The Bertz CT molecular complexity index is 958. The van der Waals surface area contributed by atoms with Crippen LogP contribution in [0, 0.1) is 4.77 Å². The van der Waals surface area contributed by atoms with E-state index in [0.29, 0.717) is 5.69 Å². The minimum absolute atomic E-state index is 0.0227. The monoisotopic (exact) mass is 302 g/mol. The summed E-state index contributed by atoms with van der Waals surface area (Å²) in [4.78, 5) is 15.3. The average Bonchev–Trinajstić information content (AvgIpc) is 2.39. The van der Waals surface area contributed by atoms with Gasteiger partial charge >= 0.3 is 0 Å². The fraction of sp³-hybridized carbons (Fsp3) is 0. The van der Waals surface area contributed by atoms with Gasteiger partial charge < -0.3 is 20.3 Å². The second-order valence-electron chi connectivity index (χ2n) is 4.47. The van der Waals surface area contributed by atoms with Crippen LogP contribution in [0.15, 0.2) is 41.2 Å². The average molecular weight is 302 g/mol. The summed E-state index contributed by atoms with van der Waals surface area (Å²) in [6, 6.07) is 8.32. The van der Waals surface area contributed by atoms with Gasteiger partial charge in [-0.25, -0.2) is 0 Å². The zero-order chi connectivity index (χ0) is 15.1. The molecule has 0 aliphatic heterocycles. The first-order chi connectivity index (χ1) is 9.97. The quantitative estimate of drug-likeness (QED) is 0.516. The SMILES string of the molecule is O=c1c2c(O)cc(O)cc2[nH]c(=S)n1-c1ccc(O)cc1. The summed E-state index contributed by atoms with van der Waals surface area (Å²) in [6.07, 6.45) is 0. The van der Waals surface area contributed by atoms with Crippen molar-refractivity contribution in [2.24, 2.45) is 0 Å². The lowest BCUT2D eigenvalue weighted by atomic mass is 10.2. The molecule has 0 radical (unpaired) electrons. The third-order valence-electron chi connectivity index (χ3n) is 3.07. The predicted octanol–water partition coefficient (Wildman–Crippen LogP) is 2.17. The molecule has 0 unspecified atom stereocenters. The fourth-order valence-electron chi connectivity index (χ4n) is 2.15. The lowest BCUT2D eigenvalue weighted by Crippen LogP contribution is -2.20. The summed E-state index contributed by atoms with van der Waals surface area (Å²) in [7, 11) is 0. The van der Waals surface area contributed by atoms with Gasteiger partial charge in [-0.15, -0.1) is 0 Å². The summed E-state index contributed by atoms with van der Waals surface area (Å²) in [5.74, 6) is -0.448. The Labute approximate surface area is 123 Å². The van der Waals surface area contributed by atoms with Crippen LogP contribution >= 0.6 is 12.2 Å². The van der Waals surface area contributed by atoms with Crippen molar-refractivity contribution in [3.8, 4) is 22.9 Å². The van der Waals surface area contributed by atoms with Gasteiger partial charge in [-0.1, -0.05) is 0 Å². The standard InChI is InChI=1S/C14H10N2O4S/c17-8-3-1-7(2-4-8)16-13(20)12-10(15-14(16)21)5-9(18)6-11(12)19/h1-6,17-19H,(H,15,21). The van der Waals surface area contributed by atoms with Crippen LogP contribution in [0.3, 0.4) is 0 Å². The van der Waals surface area contributed by atoms with Crippen LogP contribution in [0.5, 0.6) is 17.2 Å². The fourth-order valence-corrected chi connectivity index (χ4v) is 2.44. The molecule has 7 heteroatoms. The van der Waals surface area contributed by atoms with Gasteiger partial charge in [0.2, 0.25) is 0 Å². The Morgan fingerprint density at radius 1 is 1.00 bits per heavy atom. The lowest BCUT2D eigenvalue weighted by molar-refractivity contribution is 0.454. The molecule has 1 aromatic heterocycles. The van der Waals surface area contributed by atoms with Crippen molar-refractivity contribution in [1.29, 1.82) is 0 Å². The summed E-state index contributed by atoms with van der Waals surface area (Å²) in [6.45, 7) is 0. The van der Waals surface area contributed by atoms with Crippen LogP contribution in [0.2, 0.25) is 0 Å². The highest BCUT2D eigenvalue weighted by atomic mass is 32.1. The molecule has 1 heterocycles. The number of nitrogens with zero attached hydrogens (tertiary/aromatic N) is 1. The van der Waals surface area contributed by atoms with E-state index < -0.39 is 5.56 Å². The normalized spacial score (nSPS) is 10.9. The third kappa shape index (κ3) is 2.13. The maximum absolute atomic E-state index is 12.5. The number of phenolic OH excluding ortho intramolecular Hbond substituents is 3. The van der Waals surface area contributed by atoms with Gasteiger partial charge in [-0.2, -0.15) is 0 Å². The molecule has 0 aliphatic rings. The molecule has 0 aliphatic carbocycles. The van der Waals surface area contributed by atoms with E-state index in [9.17, 15) is 20.1 Å². The number of hydrogen-bond acceptors (Lipinski definition) is 5. The molecule has 0 amide bonds. The van der Waals surface area contributed by atoms with Crippen molar-refractivity contribution in [1.82, 2.24) is 9.55 Å². The number of H-pyrrole nitrogens is 1. The number of aromatic amines is 1. The number of rotatable bonds is 1. The van der Waals surface area contributed by atoms with Gasteiger partial charge in [0.25, 0.3) is 5.56 Å². The molecule has 6 nitrogen and oxygen atoms in total. The molecule has 0 atom stereocenters. The first kappa shape index (κ1) is 13.2. The Balaban J connectivity index is 2.42. The summed E-state index contributed by atoms with van der Waals surface area (Å²) < 4.78 is 1.32. The molecule has 0 saturated heterocycles. The minimum Gasteiger partial charge on any atom is -0.508 e. The number of nitrogens with one attached hydrogen (secondary N) is 1. The van der Waals surface area contributed by atoms with Gasteiger partial charge in [0.05, 0.1) is 11.2 Å². The van der Waals surface area contributed by atoms with Gasteiger partial charge in [0.1, 0.15) is 22.6 Å². The van der Waals surface area contributed by atoms with E-state index in [-0.39, 0.29) is 32.9 Å². The van der Waals surface area contributed by atoms with E-state index in [0.717, 1.165) is 6.07 Å². The Hall–Kier alpha value is -2.80. The second-order valence-corrected chi connectivity index (χ2v) is 4.86. The topological polar surface area (TPSA) is 98.5 Å². The Morgan fingerprint density at radius 2 is 1.67 bits per heavy atom. The molecular formula is C14H10N2O4S. The van der Waals surface area contributed by atoms with Crippen LogP contribution in [0.25, 0.3) is 16.6 Å². The van der Waals surface area contributed by atoms with Crippen LogP contribution in [-0.2, 0) is 0 Å². The zero-order valence-electron chi connectivity index (χ0n) is 10.6. The molecule has 21 heavy (non-hydrogen) atoms. The number of aromatic hydroxyl groups is 3. The van der Waals surface area contributed by atoms with Gasteiger partial charge in [-0.3, -0.25) is 9.36 Å². The molecule has 0 bridgehead atoms. The predicted molar refractivity (Wildman–Crippen MR) is 79.7 cm³/mol. The first-order valence-corrected chi connectivity index (χ1v) is 6.38. The van der Waals surface area contributed by atoms with E-state index in [1.165, 1.54) is 34.9 Å². The summed E-state index contributed by atoms with van der Waals surface area (Å²) in [5, 5.41) is 28.7. The summed E-state index contributed by atoms with van der Waals surface area (Å²) in [5.41, 5.74) is 0.183. The molecule has 3 aromatic rings. The molecule has 3 rings (SSSR count). The van der Waals surface area contributed by atoms with Crippen LogP contribution < -0.4 is 5.56 Å². The molecular weight excluding hydrogens is 292 g/mol. The maximum Gasteiger partial charge on any atom is 0.270 e. The minimum atomic E-state index is -0.517. The number of fused-ring (bicyclic) bond motifs is 1. The van der Waals surface area contributed by atoms with E-state index in [1.54, 1.807) is 0 Å². The Kier molecular flexibility index (Phi) is 2.91. The van der Waals surface area contributed by atoms with Crippen LogP contribution in [0.1, 0.15) is 0 Å².